The number of benzene rings is 2. The summed E-state index contributed by atoms with van der Waals surface area (Å²) in [6, 6.07) is 10.4. The molecule has 0 fully saturated rings. The van der Waals surface area contributed by atoms with Crippen molar-refractivity contribution in [2.75, 3.05) is 6.54 Å². The van der Waals surface area contributed by atoms with Gasteiger partial charge in [-0.3, -0.25) is 9.48 Å². The third-order valence-electron chi connectivity index (χ3n) is 6.65. The molecule has 168 valence electrons. The van der Waals surface area contributed by atoms with E-state index in [1.54, 1.807) is 34.7 Å². The monoisotopic (exact) mass is 448 g/mol. The molecule has 0 radical (unpaired) electrons. The molecular formula is C25H22F2N4O2. The topological polar surface area (TPSA) is 82.2 Å². The molecule has 1 amide bonds. The zero-order valence-electron chi connectivity index (χ0n) is 18.3. The lowest BCUT2D eigenvalue weighted by molar-refractivity contribution is -0.129. The molecular weight excluding hydrogens is 426 g/mol. The lowest BCUT2D eigenvalue weighted by Gasteiger charge is -2.31. The molecule has 0 saturated heterocycles. The fourth-order valence-electron chi connectivity index (χ4n) is 5.13. The first-order valence-corrected chi connectivity index (χ1v) is 10.8. The molecule has 5 rings (SSSR count). The highest BCUT2D eigenvalue weighted by molar-refractivity contribution is 5.75. The summed E-state index contributed by atoms with van der Waals surface area (Å²) in [6.07, 6.45) is 0.520. The Hall–Kier alpha value is -3.57. The van der Waals surface area contributed by atoms with Crippen molar-refractivity contribution in [2.45, 2.75) is 44.9 Å². The number of hydrogen-bond donors (Lipinski definition) is 1. The molecule has 33 heavy (non-hydrogen) atoms. The van der Waals surface area contributed by atoms with E-state index in [2.05, 4.69) is 6.07 Å². The van der Waals surface area contributed by atoms with Crippen LogP contribution < -0.4 is 0 Å². The number of carbonyl (C=O) groups is 1. The quantitative estimate of drug-likeness (QED) is 0.651. The molecule has 0 unspecified atom stereocenters. The van der Waals surface area contributed by atoms with Gasteiger partial charge < -0.3 is 10.0 Å². The second-order valence-electron chi connectivity index (χ2n) is 8.99. The highest BCUT2D eigenvalue weighted by atomic mass is 19.1. The number of nitriles is 1. The molecule has 0 saturated carbocycles. The van der Waals surface area contributed by atoms with E-state index < -0.39 is 23.3 Å². The van der Waals surface area contributed by atoms with Crippen LogP contribution in [-0.2, 0) is 24.2 Å². The number of fused-ring (bicyclic) bond motifs is 2. The van der Waals surface area contributed by atoms with Crippen LogP contribution in [0.15, 0.2) is 36.4 Å². The maximum atomic E-state index is 14.6. The van der Waals surface area contributed by atoms with Gasteiger partial charge in [-0.2, -0.15) is 10.4 Å². The number of halogens is 2. The van der Waals surface area contributed by atoms with Crippen molar-refractivity contribution in [3.63, 3.8) is 0 Å². The van der Waals surface area contributed by atoms with Gasteiger partial charge in [-0.15, -0.1) is 0 Å². The molecule has 8 heteroatoms. The van der Waals surface area contributed by atoms with E-state index in [4.69, 9.17) is 5.10 Å². The molecule has 1 aliphatic heterocycles. The largest absolute Gasteiger partial charge is 0.387 e. The SMILES string of the molecule is CC(=O)N1CCc2c(c(-c3cccc(C#N)c3)nn2[C@@H]2c3cc(F)cc(F)c3C[C@@]2(C)O)C1. The van der Waals surface area contributed by atoms with Crippen molar-refractivity contribution >= 4 is 5.91 Å². The summed E-state index contributed by atoms with van der Waals surface area (Å²) in [5, 5.41) is 25.5. The number of carbonyl (C=O) groups excluding carboxylic acids is 1. The van der Waals surface area contributed by atoms with Crippen LogP contribution in [0.4, 0.5) is 8.78 Å². The van der Waals surface area contributed by atoms with Crippen molar-refractivity contribution in [1.82, 2.24) is 14.7 Å². The molecule has 2 aromatic carbocycles. The highest BCUT2D eigenvalue weighted by Crippen LogP contribution is 2.45. The Labute approximate surface area is 189 Å². The number of amides is 1. The van der Waals surface area contributed by atoms with E-state index in [0.29, 0.717) is 41.9 Å². The van der Waals surface area contributed by atoms with E-state index in [1.807, 2.05) is 6.07 Å². The molecule has 1 aromatic heterocycles. The van der Waals surface area contributed by atoms with Crippen molar-refractivity contribution in [2.24, 2.45) is 0 Å². The Morgan fingerprint density at radius 2 is 2.06 bits per heavy atom. The average Bonchev–Trinajstić information content (AvgIpc) is 3.27. The number of rotatable bonds is 2. The lowest BCUT2D eigenvalue weighted by Crippen LogP contribution is -2.38. The molecule has 2 atom stereocenters. The second kappa shape index (κ2) is 7.49. The maximum Gasteiger partial charge on any atom is 0.219 e. The summed E-state index contributed by atoms with van der Waals surface area (Å²) in [4.78, 5) is 13.8. The smallest absolute Gasteiger partial charge is 0.219 e. The van der Waals surface area contributed by atoms with Gasteiger partial charge in [-0.1, -0.05) is 12.1 Å². The molecule has 3 aromatic rings. The molecule has 1 N–H and O–H groups in total. The second-order valence-corrected chi connectivity index (χ2v) is 8.99. The Morgan fingerprint density at radius 1 is 1.27 bits per heavy atom. The summed E-state index contributed by atoms with van der Waals surface area (Å²) in [6.45, 7) is 3.92. The van der Waals surface area contributed by atoms with Crippen LogP contribution >= 0.6 is 0 Å². The van der Waals surface area contributed by atoms with Crippen LogP contribution in [0.25, 0.3) is 11.3 Å². The van der Waals surface area contributed by atoms with Crippen LogP contribution in [-0.4, -0.2) is 37.8 Å². The first-order valence-electron chi connectivity index (χ1n) is 10.8. The number of aromatic nitrogens is 2. The van der Waals surface area contributed by atoms with Crippen LogP contribution in [0.3, 0.4) is 0 Å². The van der Waals surface area contributed by atoms with Crippen LogP contribution in [0.2, 0.25) is 0 Å². The Kier molecular flexibility index (Phi) is 4.83. The van der Waals surface area contributed by atoms with Gasteiger partial charge in [0.2, 0.25) is 5.91 Å². The van der Waals surface area contributed by atoms with Crippen molar-refractivity contribution < 1.29 is 18.7 Å². The van der Waals surface area contributed by atoms with E-state index in [-0.39, 0.29) is 17.9 Å². The predicted octanol–water partition coefficient (Wildman–Crippen LogP) is 3.50. The zero-order valence-corrected chi connectivity index (χ0v) is 18.3. The fourth-order valence-corrected chi connectivity index (χ4v) is 5.13. The molecule has 1 aliphatic carbocycles. The van der Waals surface area contributed by atoms with E-state index in [1.165, 1.54) is 13.0 Å². The normalized spacial score (nSPS) is 21.5. The minimum Gasteiger partial charge on any atom is -0.387 e. The molecule has 0 bridgehead atoms. The van der Waals surface area contributed by atoms with E-state index >= 15 is 0 Å². The minimum absolute atomic E-state index is 0.0343. The van der Waals surface area contributed by atoms with Crippen LogP contribution in [0, 0.1) is 23.0 Å². The van der Waals surface area contributed by atoms with Gasteiger partial charge >= 0.3 is 0 Å². The van der Waals surface area contributed by atoms with Crippen LogP contribution in [0.1, 0.15) is 47.8 Å². The third kappa shape index (κ3) is 3.40. The highest BCUT2D eigenvalue weighted by Gasteiger charge is 2.46. The molecule has 2 aliphatic rings. The molecule has 6 nitrogen and oxygen atoms in total. The number of hydrogen-bond acceptors (Lipinski definition) is 4. The Morgan fingerprint density at radius 3 is 2.79 bits per heavy atom. The molecule has 2 heterocycles. The van der Waals surface area contributed by atoms with E-state index in [0.717, 1.165) is 17.3 Å². The summed E-state index contributed by atoms with van der Waals surface area (Å²) in [7, 11) is 0. The van der Waals surface area contributed by atoms with Crippen LogP contribution in [0.5, 0.6) is 0 Å². The fraction of sp³-hybridized carbons (Fsp3) is 0.320. The van der Waals surface area contributed by atoms with Gasteiger partial charge in [0, 0.05) is 55.7 Å². The third-order valence-corrected chi connectivity index (χ3v) is 6.65. The Bertz CT molecular complexity index is 1340. The summed E-state index contributed by atoms with van der Waals surface area (Å²) >= 11 is 0. The first-order chi connectivity index (χ1) is 15.7. The van der Waals surface area contributed by atoms with Crippen molar-refractivity contribution in [3.8, 4) is 17.3 Å². The standard InChI is InChI=1S/C25H22F2N4O2/c1-14(32)30-7-6-22-20(13-30)23(16-5-3-4-15(8-16)12-28)29-31(22)24-18-9-17(26)10-21(27)19(18)11-25(24,2)33/h3-5,8-10,24,33H,6-7,11,13H2,1-2H3/t24-,25-/m1/s1. The van der Waals surface area contributed by atoms with Gasteiger partial charge in [0.15, 0.2) is 0 Å². The minimum atomic E-state index is -1.39. The molecule has 0 spiro atoms. The lowest BCUT2D eigenvalue weighted by atomic mass is 9.96. The van der Waals surface area contributed by atoms with Gasteiger partial charge in [0.25, 0.3) is 0 Å². The van der Waals surface area contributed by atoms with Gasteiger partial charge in [-0.05, 0) is 36.2 Å². The zero-order chi connectivity index (χ0) is 23.5. The first kappa shape index (κ1) is 21.3. The van der Waals surface area contributed by atoms with Crippen molar-refractivity contribution in [3.05, 3.63) is 76.0 Å². The maximum absolute atomic E-state index is 14.6. The van der Waals surface area contributed by atoms with Gasteiger partial charge in [-0.25, -0.2) is 8.78 Å². The number of aliphatic hydroxyl groups is 1. The summed E-state index contributed by atoms with van der Waals surface area (Å²) in [5.41, 5.74) is 2.66. The van der Waals surface area contributed by atoms with Crippen molar-refractivity contribution in [1.29, 1.82) is 5.26 Å². The summed E-state index contributed by atoms with van der Waals surface area (Å²) in [5.74, 6) is -1.45. The Balaban J connectivity index is 1.73. The predicted molar refractivity (Wildman–Crippen MR) is 116 cm³/mol. The van der Waals surface area contributed by atoms with Gasteiger partial charge in [0.1, 0.15) is 17.7 Å². The van der Waals surface area contributed by atoms with Gasteiger partial charge in [0.05, 0.1) is 22.9 Å². The number of nitrogens with zero attached hydrogens (tertiary/aromatic N) is 4. The summed E-state index contributed by atoms with van der Waals surface area (Å²) < 4.78 is 30.4. The average molecular weight is 448 g/mol. The van der Waals surface area contributed by atoms with E-state index in [9.17, 15) is 23.9 Å².